The Labute approximate surface area is 144 Å². The Morgan fingerprint density at radius 2 is 2.04 bits per heavy atom. The molecule has 2 rings (SSSR count). The van der Waals surface area contributed by atoms with E-state index in [9.17, 15) is 13.2 Å². The van der Waals surface area contributed by atoms with E-state index < -0.39 is 16.1 Å². The summed E-state index contributed by atoms with van der Waals surface area (Å²) in [5.41, 5.74) is 2.00. The lowest BCUT2D eigenvalue weighted by molar-refractivity contribution is -0.124. The highest BCUT2D eigenvalue weighted by Gasteiger charge is 2.37. The molecule has 0 aliphatic carbocycles. The van der Waals surface area contributed by atoms with Crippen LogP contribution in [0.1, 0.15) is 37.3 Å². The fourth-order valence-corrected chi connectivity index (χ4v) is 4.78. The fraction of sp³-hybridized carbons (Fsp3) is 0.588. The van der Waals surface area contributed by atoms with Crippen LogP contribution in [0.15, 0.2) is 24.3 Å². The van der Waals surface area contributed by atoms with Gasteiger partial charge in [0.2, 0.25) is 15.9 Å². The molecule has 1 aliphatic heterocycles. The van der Waals surface area contributed by atoms with E-state index in [0.717, 1.165) is 17.5 Å². The Kier molecular flexibility index (Phi) is 6.77. The minimum atomic E-state index is -3.35. The molecule has 1 aromatic carbocycles. The summed E-state index contributed by atoms with van der Waals surface area (Å²) in [6.45, 7) is 3.11. The van der Waals surface area contributed by atoms with Crippen LogP contribution in [0.4, 0.5) is 0 Å². The van der Waals surface area contributed by atoms with Crippen LogP contribution in [0.5, 0.6) is 0 Å². The molecule has 1 atom stereocenters. The maximum absolute atomic E-state index is 12.5. The summed E-state index contributed by atoms with van der Waals surface area (Å²) in [5, 5.41) is 2.88. The number of hydrogen-bond acceptors (Lipinski definition) is 4. The molecule has 0 saturated carbocycles. The second-order valence-electron chi connectivity index (χ2n) is 6.00. The second-order valence-corrected chi connectivity index (χ2v) is 8.05. The zero-order valence-electron chi connectivity index (χ0n) is 14.3. The van der Waals surface area contributed by atoms with Gasteiger partial charge in [-0.15, -0.1) is 0 Å². The average Bonchev–Trinajstić information content (AvgIpc) is 3.05. The number of benzene rings is 1. The third kappa shape index (κ3) is 4.55. The van der Waals surface area contributed by atoms with Crippen LogP contribution in [0.25, 0.3) is 0 Å². The van der Waals surface area contributed by atoms with Crippen LogP contribution in [0.2, 0.25) is 0 Å². The SMILES string of the molecule is CCCS(=O)(=O)N1CCCC1C(=O)NCc1ccccc1COC. The van der Waals surface area contributed by atoms with E-state index in [4.69, 9.17) is 4.74 Å². The van der Waals surface area contributed by atoms with Crippen molar-refractivity contribution in [1.82, 2.24) is 9.62 Å². The molecule has 1 aromatic rings. The molecule has 0 spiro atoms. The van der Waals surface area contributed by atoms with E-state index >= 15 is 0 Å². The van der Waals surface area contributed by atoms with Gasteiger partial charge in [-0.05, 0) is 30.4 Å². The van der Waals surface area contributed by atoms with Crippen LogP contribution in [0.3, 0.4) is 0 Å². The van der Waals surface area contributed by atoms with Gasteiger partial charge in [0, 0.05) is 20.2 Å². The van der Waals surface area contributed by atoms with Gasteiger partial charge < -0.3 is 10.1 Å². The lowest BCUT2D eigenvalue weighted by atomic mass is 10.1. The van der Waals surface area contributed by atoms with Crippen LogP contribution in [0, 0.1) is 0 Å². The quantitative estimate of drug-likeness (QED) is 0.770. The van der Waals surface area contributed by atoms with Gasteiger partial charge in [0.1, 0.15) is 6.04 Å². The molecule has 6 nitrogen and oxygen atoms in total. The van der Waals surface area contributed by atoms with Crippen LogP contribution in [-0.2, 0) is 32.7 Å². The molecule has 0 radical (unpaired) electrons. The first kappa shape index (κ1) is 18.9. The minimum absolute atomic E-state index is 0.0907. The number of sulfonamides is 1. The largest absolute Gasteiger partial charge is 0.380 e. The Morgan fingerprint density at radius 3 is 2.71 bits per heavy atom. The number of carbonyl (C=O) groups is 1. The van der Waals surface area contributed by atoms with Crippen LogP contribution in [-0.4, -0.2) is 44.1 Å². The fourth-order valence-electron chi connectivity index (χ4n) is 3.04. The normalized spacial score (nSPS) is 18.7. The summed E-state index contributed by atoms with van der Waals surface area (Å²) < 4.78 is 31.1. The van der Waals surface area contributed by atoms with Crippen LogP contribution < -0.4 is 5.32 Å². The van der Waals surface area contributed by atoms with E-state index in [0.29, 0.717) is 32.5 Å². The molecule has 1 fully saturated rings. The van der Waals surface area contributed by atoms with Crippen molar-refractivity contribution in [2.75, 3.05) is 19.4 Å². The molecule has 1 saturated heterocycles. The number of nitrogens with zero attached hydrogens (tertiary/aromatic N) is 1. The maximum atomic E-state index is 12.5. The second kappa shape index (κ2) is 8.60. The molecule has 7 heteroatoms. The summed E-state index contributed by atoms with van der Waals surface area (Å²) in [6.07, 6.45) is 1.85. The van der Waals surface area contributed by atoms with E-state index in [1.165, 1.54) is 4.31 Å². The molecule has 1 unspecified atom stereocenters. The van der Waals surface area contributed by atoms with E-state index in [-0.39, 0.29) is 11.7 Å². The number of carbonyl (C=O) groups excluding carboxylic acids is 1. The predicted octanol–water partition coefficient (Wildman–Crippen LogP) is 1.65. The highest BCUT2D eigenvalue weighted by atomic mass is 32.2. The Balaban J connectivity index is 2.02. The summed E-state index contributed by atoms with van der Waals surface area (Å²) in [5.74, 6) is -0.132. The minimum Gasteiger partial charge on any atom is -0.380 e. The molecular weight excluding hydrogens is 328 g/mol. The van der Waals surface area contributed by atoms with Gasteiger partial charge in [-0.25, -0.2) is 8.42 Å². The Hall–Kier alpha value is -1.44. The lowest BCUT2D eigenvalue weighted by Crippen LogP contribution is -2.46. The maximum Gasteiger partial charge on any atom is 0.238 e. The summed E-state index contributed by atoms with van der Waals surface area (Å²) in [4.78, 5) is 12.5. The molecule has 24 heavy (non-hydrogen) atoms. The molecule has 1 amide bonds. The summed E-state index contributed by atoms with van der Waals surface area (Å²) in [6, 6.07) is 7.15. The van der Waals surface area contributed by atoms with Crippen molar-refractivity contribution in [1.29, 1.82) is 0 Å². The average molecular weight is 354 g/mol. The van der Waals surface area contributed by atoms with Crippen molar-refractivity contribution >= 4 is 15.9 Å². The molecular formula is C17H26N2O4S. The van der Waals surface area contributed by atoms with E-state index in [1.54, 1.807) is 7.11 Å². The number of hydrogen-bond donors (Lipinski definition) is 1. The van der Waals surface area contributed by atoms with Gasteiger partial charge in [0.15, 0.2) is 0 Å². The molecule has 0 bridgehead atoms. The third-order valence-electron chi connectivity index (χ3n) is 4.20. The number of amides is 1. The van der Waals surface area contributed by atoms with Crippen molar-refractivity contribution in [2.45, 2.75) is 45.4 Å². The lowest BCUT2D eigenvalue weighted by Gasteiger charge is -2.23. The van der Waals surface area contributed by atoms with Crippen molar-refractivity contribution < 1.29 is 17.9 Å². The Bertz CT molecular complexity index is 660. The van der Waals surface area contributed by atoms with Gasteiger partial charge >= 0.3 is 0 Å². The first-order valence-electron chi connectivity index (χ1n) is 8.32. The van der Waals surface area contributed by atoms with Gasteiger partial charge in [-0.3, -0.25) is 4.79 Å². The Morgan fingerprint density at radius 1 is 1.33 bits per heavy atom. The first-order valence-corrected chi connectivity index (χ1v) is 9.93. The van der Waals surface area contributed by atoms with Crippen molar-refractivity contribution in [3.05, 3.63) is 35.4 Å². The van der Waals surface area contributed by atoms with Crippen LogP contribution >= 0.6 is 0 Å². The topological polar surface area (TPSA) is 75.7 Å². The number of ether oxygens (including phenoxy) is 1. The monoisotopic (exact) mass is 354 g/mol. The number of nitrogens with one attached hydrogen (secondary N) is 1. The summed E-state index contributed by atoms with van der Waals surface area (Å²) >= 11 is 0. The summed E-state index contributed by atoms with van der Waals surface area (Å²) in [7, 11) is -1.72. The zero-order valence-corrected chi connectivity index (χ0v) is 15.1. The number of rotatable bonds is 8. The molecule has 134 valence electrons. The molecule has 1 aliphatic rings. The van der Waals surface area contributed by atoms with Crippen molar-refractivity contribution in [3.63, 3.8) is 0 Å². The highest BCUT2D eigenvalue weighted by molar-refractivity contribution is 7.89. The molecule has 1 heterocycles. The number of methoxy groups -OCH3 is 1. The third-order valence-corrected chi connectivity index (χ3v) is 6.27. The smallest absolute Gasteiger partial charge is 0.238 e. The molecule has 0 aromatic heterocycles. The zero-order chi connectivity index (χ0) is 17.6. The van der Waals surface area contributed by atoms with E-state index in [1.807, 2.05) is 31.2 Å². The highest BCUT2D eigenvalue weighted by Crippen LogP contribution is 2.22. The standard InChI is InChI=1S/C17H26N2O4S/c1-3-11-24(21,22)19-10-6-9-16(19)17(20)18-12-14-7-4-5-8-15(14)13-23-2/h4-5,7-8,16H,3,6,9-13H2,1-2H3,(H,18,20). The van der Waals surface area contributed by atoms with Crippen molar-refractivity contribution in [3.8, 4) is 0 Å². The van der Waals surface area contributed by atoms with Gasteiger partial charge in [0.05, 0.1) is 12.4 Å². The van der Waals surface area contributed by atoms with Crippen molar-refractivity contribution in [2.24, 2.45) is 0 Å². The van der Waals surface area contributed by atoms with Gasteiger partial charge in [0.25, 0.3) is 0 Å². The van der Waals surface area contributed by atoms with E-state index in [2.05, 4.69) is 5.32 Å². The molecule has 1 N–H and O–H groups in total. The first-order chi connectivity index (χ1) is 11.5. The van der Waals surface area contributed by atoms with Gasteiger partial charge in [-0.1, -0.05) is 31.2 Å². The van der Waals surface area contributed by atoms with Gasteiger partial charge in [-0.2, -0.15) is 4.31 Å². The predicted molar refractivity (Wildman–Crippen MR) is 92.8 cm³/mol.